The fourth-order valence-electron chi connectivity index (χ4n) is 4.27. The van der Waals surface area contributed by atoms with E-state index in [1.54, 1.807) is 41.8 Å². The maximum Gasteiger partial charge on any atom is 0.416 e. The lowest BCUT2D eigenvalue weighted by molar-refractivity contribution is -0.137. The zero-order valence-corrected chi connectivity index (χ0v) is 19.3. The maximum absolute atomic E-state index is 13.6. The Bertz CT molecular complexity index is 1180. The van der Waals surface area contributed by atoms with E-state index in [0.29, 0.717) is 21.3 Å². The Balaban J connectivity index is 1.88. The van der Waals surface area contributed by atoms with E-state index in [-0.39, 0.29) is 29.8 Å². The van der Waals surface area contributed by atoms with Crippen LogP contribution in [-0.4, -0.2) is 17.9 Å². The van der Waals surface area contributed by atoms with Crippen molar-refractivity contribution in [2.45, 2.75) is 38.5 Å². The zero-order valence-electron chi connectivity index (χ0n) is 17.8. The van der Waals surface area contributed by atoms with Crippen molar-refractivity contribution >= 4 is 46.1 Å². The topological polar surface area (TPSA) is 40.6 Å². The van der Waals surface area contributed by atoms with Crippen molar-refractivity contribution in [1.82, 2.24) is 0 Å². The van der Waals surface area contributed by atoms with Gasteiger partial charge in [0.2, 0.25) is 5.91 Å². The van der Waals surface area contributed by atoms with E-state index in [0.717, 1.165) is 12.1 Å². The highest BCUT2D eigenvalue weighted by atomic mass is 35.5. The summed E-state index contributed by atoms with van der Waals surface area (Å²) in [6.07, 6.45) is -4.29. The molecule has 3 aromatic rings. The second kappa shape index (κ2) is 8.83. The summed E-state index contributed by atoms with van der Waals surface area (Å²) in [4.78, 5) is 29.5. The molecule has 9 heteroatoms. The van der Waals surface area contributed by atoms with Crippen LogP contribution in [0.15, 0.2) is 60.0 Å². The highest BCUT2D eigenvalue weighted by Crippen LogP contribution is 2.45. The van der Waals surface area contributed by atoms with Crippen LogP contribution < -0.4 is 9.80 Å². The molecule has 0 fully saturated rings. The highest BCUT2D eigenvalue weighted by molar-refractivity contribution is 7.12. The van der Waals surface area contributed by atoms with Crippen molar-refractivity contribution in [3.05, 3.63) is 81.0 Å². The molecule has 0 aliphatic carbocycles. The molecule has 2 aromatic carbocycles. The summed E-state index contributed by atoms with van der Waals surface area (Å²) in [5.74, 6) is -0.603. The Morgan fingerprint density at radius 2 is 1.82 bits per heavy atom. The molecule has 0 saturated carbocycles. The Kier molecular flexibility index (Phi) is 6.24. The molecule has 172 valence electrons. The molecule has 2 heterocycles. The number of anilines is 2. The van der Waals surface area contributed by atoms with Gasteiger partial charge in [0.05, 0.1) is 16.5 Å². The molecule has 0 saturated heterocycles. The van der Waals surface area contributed by atoms with Crippen molar-refractivity contribution in [2.24, 2.45) is 0 Å². The minimum absolute atomic E-state index is 0.271. The molecule has 0 radical (unpaired) electrons. The van der Waals surface area contributed by atoms with Crippen molar-refractivity contribution in [2.75, 3.05) is 9.80 Å². The molecule has 4 rings (SSSR count). The molecule has 0 N–H and O–H groups in total. The summed E-state index contributed by atoms with van der Waals surface area (Å²) < 4.78 is 40.8. The van der Waals surface area contributed by atoms with Crippen molar-refractivity contribution in [3.8, 4) is 0 Å². The molecular formula is C24H20ClF3N2O2S. The minimum atomic E-state index is -4.56. The molecular weight excluding hydrogens is 473 g/mol. The first-order valence-electron chi connectivity index (χ1n) is 10.2. The number of amides is 2. The van der Waals surface area contributed by atoms with Crippen LogP contribution in [0.4, 0.5) is 24.5 Å². The number of rotatable bonds is 3. The second-order valence-electron chi connectivity index (χ2n) is 7.89. The number of benzene rings is 2. The van der Waals surface area contributed by atoms with Crippen molar-refractivity contribution in [1.29, 1.82) is 0 Å². The predicted octanol–water partition coefficient (Wildman–Crippen LogP) is 6.95. The number of nitrogens with zero attached hydrogens (tertiary/aromatic N) is 2. The monoisotopic (exact) mass is 492 g/mol. The summed E-state index contributed by atoms with van der Waals surface area (Å²) in [7, 11) is 0. The third-order valence-corrected chi connectivity index (χ3v) is 6.79. The number of alkyl halides is 3. The number of hydrogen-bond acceptors (Lipinski definition) is 3. The van der Waals surface area contributed by atoms with E-state index in [4.69, 9.17) is 11.6 Å². The van der Waals surface area contributed by atoms with Crippen LogP contribution >= 0.6 is 22.9 Å². The fraction of sp³-hybridized carbons (Fsp3) is 0.250. The normalized spacial score (nSPS) is 18.1. The standard InChI is InChI=1S/C24H20ClF3N2O2S/c1-14-12-21(30(15(2)31)18-8-6-17(25)7-9-18)19-13-16(24(26,27)28)5-10-20(19)29(14)23(32)22-4-3-11-33-22/h3-11,13-14,21H,12H2,1-2H3. The molecule has 0 bridgehead atoms. The zero-order chi connectivity index (χ0) is 23.9. The van der Waals surface area contributed by atoms with Gasteiger partial charge >= 0.3 is 6.18 Å². The molecule has 4 nitrogen and oxygen atoms in total. The molecule has 0 spiro atoms. The molecule has 1 aliphatic rings. The summed E-state index contributed by atoms with van der Waals surface area (Å²) >= 11 is 7.26. The second-order valence-corrected chi connectivity index (χ2v) is 9.27. The van der Waals surface area contributed by atoms with Crippen LogP contribution in [0.1, 0.15) is 47.1 Å². The Labute approximate surface area is 198 Å². The van der Waals surface area contributed by atoms with E-state index < -0.39 is 17.8 Å². The molecule has 1 aromatic heterocycles. The van der Waals surface area contributed by atoms with Crippen LogP contribution in [0.2, 0.25) is 5.02 Å². The average Bonchev–Trinajstić information content (AvgIpc) is 3.29. The van der Waals surface area contributed by atoms with Gasteiger partial charge in [-0.3, -0.25) is 9.59 Å². The van der Waals surface area contributed by atoms with Gasteiger partial charge in [0.15, 0.2) is 0 Å². The van der Waals surface area contributed by atoms with Gasteiger partial charge < -0.3 is 9.80 Å². The van der Waals surface area contributed by atoms with Gasteiger partial charge in [-0.15, -0.1) is 11.3 Å². The quantitative estimate of drug-likeness (QED) is 0.397. The lowest BCUT2D eigenvalue weighted by atomic mass is 9.88. The Hall–Kier alpha value is -2.84. The van der Waals surface area contributed by atoms with Gasteiger partial charge in [0, 0.05) is 29.4 Å². The van der Waals surface area contributed by atoms with Gasteiger partial charge in [-0.25, -0.2) is 0 Å². The lowest BCUT2D eigenvalue weighted by Crippen LogP contribution is -2.47. The number of hydrogen-bond donors (Lipinski definition) is 0. The highest BCUT2D eigenvalue weighted by Gasteiger charge is 2.40. The first kappa shape index (κ1) is 23.3. The number of thiophene rings is 1. The number of carbonyl (C=O) groups is 2. The predicted molar refractivity (Wildman–Crippen MR) is 124 cm³/mol. The van der Waals surface area contributed by atoms with E-state index in [9.17, 15) is 22.8 Å². The Morgan fingerprint density at radius 3 is 2.39 bits per heavy atom. The van der Waals surface area contributed by atoms with Gasteiger partial charge in [-0.05, 0) is 72.8 Å². The molecule has 1 aliphatic heterocycles. The van der Waals surface area contributed by atoms with E-state index in [1.807, 2.05) is 6.92 Å². The average molecular weight is 493 g/mol. The van der Waals surface area contributed by atoms with Crippen LogP contribution in [0.3, 0.4) is 0 Å². The van der Waals surface area contributed by atoms with Crippen LogP contribution in [0.25, 0.3) is 0 Å². The molecule has 2 atom stereocenters. The maximum atomic E-state index is 13.6. The third-order valence-electron chi connectivity index (χ3n) is 5.69. The van der Waals surface area contributed by atoms with Crippen molar-refractivity contribution in [3.63, 3.8) is 0 Å². The smallest absolute Gasteiger partial charge is 0.305 e. The van der Waals surface area contributed by atoms with Crippen LogP contribution in [0, 0.1) is 0 Å². The summed E-state index contributed by atoms with van der Waals surface area (Å²) in [5, 5.41) is 2.25. The number of carbonyl (C=O) groups excluding carboxylic acids is 2. The van der Waals surface area contributed by atoms with E-state index in [2.05, 4.69) is 0 Å². The van der Waals surface area contributed by atoms with E-state index >= 15 is 0 Å². The van der Waals surface area contributed by atoms with Gasteiger partial charge in [0.25, 0.3) is 5.91 Å². The van der Waals surface area contributed by atoms with E-state index in [1.165, 1.54) is 34.1 Å². The summed E-state index contributed by atoms with van der Waals surface area (Å²) in [6.45, 7) is 3.20. The van der Waals surface area contributed by atoms with Gasteiger partial charge in [-0.2, -0.15) is 13.2 Å². The largest absolute Gasteiger partial charge is 0.416 e. The SMILES string of the molecule is CC(=O)N(c1ccc(Cl)cc1)C1CC(C)N(C(=O)c2cccs2)c2ccc(C(F)(F)F)cc21. The molecule has 2 unspecified atom stereocenters. The van der Waals surface area contributed by atoms with Crippen LogP contribution in [-0.2, 0) is 11.0 Å². The lowest BCUT2D eigenvalue weighted by Gasteiger charge is -2.43. The first-order valence-corrected chi connectivity index (χ1v) is 11.5. The van der Waals surface area contributed by atoms with Gasteiger partial charge in [-0.1, -0.05) is 17.7 Å². The number of fused-ring (bicyclic) bond motifs is 1. The van der Waals surface area contributed by atoms with Gasteiger partial charge in [0.1, 0.15) is 0 Å². The third kappa shape index (κ3) is 4.50. The fourth-order valence-corrected chi connectivity index (χ4v) is 5.05. The number of halogens is 4. The first-order chi connectivity index (χ1) is 15.6. The summed E-state index contributed by atoms with van der Waals surface area (Å²) in [5.41, 5.74) is 0.331. The summed E-state index contributed by atoms with van der Waals surface area (Å²) in [6, 6.07) is 12.3. The molecule has 2 amide bonds. The van der Waals surface area contributed by atoms with Crippen LogP contribution in [0.5, 0.6) is 0 Å². The Morgan fingerprint density at radius 1 is 1.12 bits per heavy atom. The minimum Gasteiger partial charge on any atom is -0.305 e. The van der Waals surface area contributed by atoms with Crippen molar-refractivity contribution < 1.29 is 22.8 Å². The molecule has 33 heavy (non-hydrogen) atoms.